The summed E-state index contributed by atoms with van der Waals surface area (Å²) in [7, 11) is 1.68. The zero-order valence-electron chi connectivity index (χ0n) is 19.5. The van der Waals surface area contributed by atoms with Crippen LogP contribution in [0, 0.1) is 11.7 Å². The number of likely N-dealkylation sites (N-methyl/N-ethyl adjacent to an activating group) is 1. The maximum absolute atomic E-state index is 14.5. The van der Waals surface area contributed by atoms with Gasteiger partial charge in [-0.3, -0.25) is 19.9 Å². The first-order valence-electron chi connectivity index (χ1n) is 11.7. The number of fused-ring (bicyclic) bond motifs is 3. The molecule has 2 aromatic carbocycles. The van der Waals surface area contributed by atoms with Gasteiger partial charge in [-0.25, -0.2) is 9.18 Å². The number of urea groups is 1. The molecule has 4 atom stereocenters. The molecule has 9 heteroatoms. The molecular formula is C25H29ClFN5O2. The molecule has 0 radical (unpaired) electrons. The van der Waals surface area contributed by atoms with Gasteiger partial charge in [0.2, 0.25) is 0 Å². The van der Waals surface area contributed by atoms with Gasteiger partial charge in [-0.1, -0.05) is 43.6 Å². The van der Waals surface area contributed by atoms with Crippen LogP contribution in [0.3, 0.4) is 0 Å². The molecule has 2 aromatic rings. The number of halogens is 2. The molecule has 0 saturated carbocycles. The number of nitrogens with zero attached hydrogens (tertiary/aromatic N) is 4. The van der Waals surface area contributed by atoms with Gasteiger partial charge in [0, 0.05) is 36.4 Å². The van der Waals surface area contributed by atoms with E-state index in [1.165, 1.54) is 17.7 Å². The van der Waals surface area contributed by atoms with Gasteiger partial charge >= 0.3 is 6.03 Å². The van der Waals surface area contributed by atoms with E-state index in [9.17, 15) is 14.0 Å². The van der Waals surface area contributed by atoms with E-state index in [-0.39, 0.29) is 29.3 Å². The highest BCUT2D eigenvalue weighted by molar-refractivity contribution is 6.31. The number of aryl methyl sites for hydroxylation is 1. The summed E-state index contributed by atoms with van der Waals surface area (Å²) in [5.41, 5.74) is 2.48. The molecule has 3 heterocycles. The molecule has 4 unspecified atom stereocenters. The van der Waals surface area contributed by atoms with E-state index in [2.05, 4.69) is 53.2 Å². The number of hydrogen-bond donors (Lipinski definition) is 1. The molecule has 0 bridgehead atoms. The highest BCUT2D eigenvalue weighted by Crippen LogP contribution is 2.35. The van der Waals surface area contributed by atoms with E-state index in [4.69, 9.17) is 11.6 Å². The van der Waals surface area contributed by atoms with Crippen molar-refractivity contribution in [1.82, 2.24) is 20.0 Å². The van der Waals surface area contributed by atoms with Crippen molar-refractivity contribution in [2.24, 2.45) is 5.92 Å². The molecule has 0 aliphatic carbocycles. The summed E-state index contributed by atoms with van der Waals surface area (Å²) >= 11 is 6.20. The van der Waals surface area contributed by atoms with Crippen LogP contribution in [0.5, 0.6) is 0 Å². The zero-order valence-corrected chi connectivity index (χ0v) is 20.3. The molecule has 3 aliphatic rings. The van der Waals surface area contributed by atoms with Crippen LogP contribution in [-0.2, 0) is 17.8 Å². The molecule has 34 heavy (non-hydrogen) atoms. The second kappa shape index (κ2) is 8.83. The first kappa shape index (κ1) is 23.1. The lowest BCUT2D eigenvalue weighted by Crippen LogP contribution is -2.66. The van der Waals surface area contributed by atoms with Crippen LogP contribution in [0.15, 0.2) is 42.5 Å². The Labute approximate surface area is 204 Å². The third-order valence-corrected chi connectivity index (χ3v) is 7.49. The molecule has 3 amide bonds. The molecule has 0 aromatic heterocycles. The van der Waals surface area contributed by atoms with Crippen molar-refractivity contribution >= 4 is 29.2 Å². The predicted molar refractivity (Wildman–Crippen MR) is 129 cm³/mol. The first-order valence-corrected chi connectivity index (χ1v) is 12.1. The van der Waals surface area contributed by atoms with Gasteiger partial charge in [-0.15, -0.1) is 0 Å². The van der Waals surface area contributed by atoms with Crippen molar-refractivity contribution in [3.8, 4) is 0 Å². The number of carbonyl (C=O) groups is 2. The summed E-state index contributed by atoms with van der Waals surface area (Å²) in [6, 6.07) is 11.8. The standard InChI is InChI=1S/C25H29ClFN5O2/c1-4-16-8-10-17(11-9-16)30-12-15(2)13-31-21-22(28-24(30)31)29(3)25(34)32(23(21)33)14-18-19(26)6-5-7-20(18)27/h5-11,15,21-22,24,28H,4,12-14H2,1-3H3. The molecular weight excluding hydrogens is 457 g/mol. The molecule has 0 spiro atoms. The minimum absolute atomic E-state index is 0.143. The van der Waals surface area contributed by atoms with E-state index in [0.717, 1.165) is 23.6 Å². The Morgan fingerprint density at radius 2 is 1.85 bits per heavy atom. The Bertz CT molecular complexity index is 1090. The largest absolute Gasteiger partial charge is 0.343 e. The second-order valence-electron chi connectivity index (χ2n) is 9.42. The smallest absolute Gasteiger partial charge is 0.328 e. The summed E-state index contributed by atoms with van der Waals surface area (Å²) < 4.78 is 14.5. The van der Waals surface area contributed by atoms with E-state index in [1.54, 1.807) is 18.0 Å². The molecule has 3 fully saturated rings. The summed E-state index contributed by atoms with van der Waals surface area (Å²) in [6.07, 6.45) is 0.271. The predicted octanol–water partition coefficient (Wildman–Crippen LogP) is 3.48. The number of nitrogens with one attached hydrogen (secondary N) is 1. The summed E-state index contributed by atoms with van der Waals surface area (Å²) in [5, 5.41) is 3.72. The fraction of sp³-hybridized carbons (Fsp3) is 0.440. The normalized spacial score (nSPS) is 27.3. The average molecular weight is 486 g/mol. The molecule has 5 rings (SSSR count). The number of carbonyl (C=O) groups excluding carboxylic acids is 2. The second-order valence-corrected chi connectivity index (χ2v) is 9.83. The van der Waals surface area contributed by atoms with Crippen molar-refractivity contribution in [3.05, 3.63) is 64.4 Å². The fourth-order valence-corrected chi connectivity index (χ4v) is 5.55. The van der Waals surface area contributed by atoms with Gasteiger partial charge < -0.3 is 9.80 Å². The van der Waals surface area contributed by atoms with Crippen LogP contribution in [-0.4, -0.2) is 65.3 Å². The lowest BCUT2D eigenvalue weighted by Gasteiger charge is -2.46. The van der Waals surface area contributed by atoms with Crippen LogP contribution in [0.4, 0.5) is 14.9 Å². The Balaban J connectivity index is 1.46. The summed E-state index contributed by atoms with van der Waals surface area (Å²) in [6.45, 7) is 5.63. The van der Waals surface area contributed by atoms with Gasteiger partial charge in [0.15, 0.2) is 0 Å². The van der Waals surface area contributed by atoms with E-state index in [0.29, 0.717) is 12.5 Å². The van der Waals surface area contributed by atoms with E-state index < -0.39 is 24.1 Å². The third kappa shape index (κ3) is 3.74. The highest BCUT2D eigenvalue weighted by atomic mass is 35.5. The lowest BCUT2D eigenvalue weighted by atomic mass is 10.0. The van der Waals surface area contributed by atoms with Gasteiger partial charge in [0.25, 0.3) is 5.91 Å². The molecule has 3 aliphatic heterocycles. The zero-order chi connectivity index (χ0) is 24.1. The Morgan fingerprint density at radius 1 is 1.12 bits per heavy atom. The number of amides is 3. The monoisotopic (exact) mass is 485 g/mol. The number of anilines is 1. The minimum atomic E-state index is -0.571. The third-order valence-electron chi connectivity index (χ3n) is 7.14. The molecule has 1 N–H and O–H groups in total. The topological polar surface area (TPSA) is 59.1 Å². The van der Waals surface area contributed by atoms with Crippen molar-refractivity contribution in [2.75, 3.05) is 25.0 Å². The van der Waals surface area contributed by atoms with Gasteiger partial charge in [-0.05, 0) is 42.2 Å². The van der Waals surface area contributed by atoms with Crippen molar-refractivity contribution < 1.29 is 14.0 Å². The Morgan fingerprint density at radius 3 is 2.53 bits per heavy atom. The van der Waals surface area contributed by atoms with Gasteiger partial charge in [0.1, 0.15) is 24.3 Å². The summed E-state index contributed by atoms with van der Waals surface area (Å²) in [5.74, 6) is -0.556. The SMILES string of the molecule is CCc1ccc(N2CC(C)CN3C4C(=O)N(Cc5c(F)cccc5Cl)C(=O)N(C)C4NC23)cc1. The summed E-state index contributed by atoms with van der Waals surface area (Å²) in [4.78, 5) is 33.9. The molecule has 180 valence electrons. The maximum atomic E-state index is 14.5. The lowest BCUT2D eigenvalue weighted by molar-refractivity contribution is -0.139. The number of imide groups is 1. The van der Waals surface area contributed by atoms with Crippen LogP contribution >= 0.6 is 11.6 Å². The Hall–Kier alpha value is -2.68. The average Bonchev–Trinajstić information content (AvgIpc) is 3.21. The van der Waals surface area contributed by atoms with Crippen LogP contribution < -0.4 is 10.2 Å². The highest BCUT2D eigenvalue weighted by Gasteiger charge is 2.56. The molecule has 7 nitrogen and oxygen atoms in total. The van der Waals surface area contributed by atoms with Crippen molar-refractivity contribution in [3.63, 3.8) is 0 Å². The minimum Gasteiger partial charge on any atom is -0.343 e. The van der Waals surface area contributed by atoms with Crippen LogP contribution in [0.25, 0.3) is 0 Å². The molecule has 3 saturated heterocycles. The van der Waals surface area contributed by atoms with E-state index >= 15 is 0 Å². The quantitative estimate of drug-likeness (QED) is 0.718. The van der Waals surface area contributed by atoms with Crippen molar-refractivity contribution in [2.45, 2.75) is 45.3 Å². The maximum Gasteiger partial charge on any atom is 0.328 e. The van der Waals surface area contributed by atoms with Gasteiger partial charge in [0.05, 0.1) is 6.54 Å². The van der Waals surface area contributed by atoms with Crippen LogP contribution in [0.2, 0.25) is 5.02 Å². The Kier molecular flexibility index (Phi) is 6.00. The van der Waals surface area contributed by atoms with Gasteiger partial charge in [-0.2, -0.15) is 0 Å². The first-order chi connectivity index (χ1) is 16.3. The number of hydrogen-bond acceptors (Lipinski definition) is 5. The fourth-order valence-electron chi connectivity index (χ4n) is 5.33. The number of rotatable bonds is 4. The number of benzene rings is 2. The van der Waals surface area contributed by atoms with Crippen LogP contribution in [0.1, 0.15) is 25.0 Å². The van der Waals surface area contributed by atoms with E-state index in [1.807, 2.05) is 0 Å². The van der Waals surface area contributed by atoms with Crippen molar-refractivity contribution in [1.29, 1.82) is 0 Å².